The number of ether oxygens (including phenoxy) is 3. The van der Waals surface area contributed by atoms with E-state index < -0.39 is 6.10 Å². The lowest BCUT2D eigenvalue weighted by molar-refractivity contribution is 0.193. The minimum atomic E-state index is -0.834. The summed E-state index contributed by atoms with van der Waals surface area (Å²) in [5, 5.41) is 12.0. The smallest absolute Gasteiger partial charge is 0.203 e. The molecule has 0 spiro atoms. The zero-order valence-corrected chi connectivity index (χ0v) is 54.1. The molecule has 0 radical (unpaired) electrons. The summed E-state index contributed by atoms with van der Waals surface area (Å²) < 4.78 is 20.5. The van der Waals surface area contributed by atoms with Gasteiger partial charge in [-0.15, -0.1) is 0 Å². The minimum absolute atomic E-state index is 0.554. The van der Waals surface area contributed by atoms with E-state index in [1.165, 1.54) is 173 Å². The first-order valence-electron chi connectivity index (χ1n) is 33.6. The second kappa shape index (κ2) is 43.5. The summed E-state index contributed by atoms with van der Waals surface area (Å²) in [7, 11) is 0. The summed E-state index contributed by atoms with van der Waals surface area (Å²) in [5.74, 6) is 11.2. The molecule has 0 fully saturated rings. The van der Waals surface area contributed by atoms with Gasteiger partial charge < -0.3 is 19.3 Å². The molecule has 0 aliphatic heterocycles. The first kappa shape index (κ1) is 70.9. The van der Waals surface area contributed by atoms with E-state index in [2.05, 4.69) is 104 Å². The van der Waals surface area contributed by atoms with Gasteiger partial charge in [-0.05, 0) is 108 Å². The Morgan fingerprint density at radius 2 is 0.545 bits per heavy atom. The maximum atomic E-state index is 12.0. The van der Waals surface area contributed by atoms with Crippen LogP contribution in [0.3, 0.4) is 0 Å². The molecule has 0 heterocycles. The molecule has 1 N–H and O–H groups in total. The molecule has 10 atom stereocenters. The third-order valence-corrected chi connectivity index (χ3v) is 17.9. The fraction of sp³-hybridized carbons (Fsp3) is 0.836. The van der Waals surface area contributed by atoms with Crippen LogP contribution in [0.2, 0.25) is 0 Å². The highest BCUT2D eigenvalue weighted by Gasteiger charge is 2.25. The van der Waals surface area contributed by atoms with Crippen molar-refractivity contribution >= 4 is 0 Å². The standard InChI is InChI=1S/C73H132O4/c1-56(2)28-19-31-59(7)34-22-37-62(10)40-25-43-65(13)50-53-75-70-49-48-69(71(74)68-46-17-16-18-47-68)72(76-54-51-66(14)44-26-41-63(11)38-23-35-60(8)32-20-29-57(3)4)73(70)77-55-52-67(15)45-27-42-64(12)39-24-36-61(9)33-21-30-58(5)6/h16-18,46-49,56-67,71,74H,19-45,50-55H2,1-15H3. The first-order chi connectivity index (χ1) is 36.8. The molecule has 2 aromatic rings. The molecule has 0 saturated heterocycles. The van der Waals surface area contributed by atoms with Crippen molar-refractivity contribution in [2.45, 2.75) is 303 Å². The van der Waals surface area contributed by atoms with Crippen molar-refractivity contribution in [3.8, 4) is 17.2 Å². The second-order valence-electron chi connectivity index (χ2n) is 28.0. The van der Waals surface area contributed by atoms with Gasteiger partial charge >= 0.3 is 0 Å². The van der Waals surface area contributed by atoms with Crippen molar-refractivity contribution in [2.75, 3.05) is 19.8 Å². The number of rotatable bonds is 50. The van der Waals surface area contributed by atoms with Crippen LogP contribution in [0.5, 0.6) is 17.2 Å². The van der Waals surface area contributed by atoms with Crippen LogP contribution >= 0.6 is 0 Å². The van der Waals surface area contributed by atoms with E-state index in [4.69, 9.17) is 14.2 Å². The normalized spacial score (nSPS) is 16.0. The van der Waals surface area contributed by atoms with Gasteiger partial charge in [0.05, 0.1) is 19.8 Å². The Morgan fingerprint density at radius 1 is 0.286 bits per heavy atom. The van der Waals surface area contributed by atoms with Gasteiger partial charge in [-0.25, -0.2) is 0 Å². The lowest BCUT2D eigenvalue weighted by Crippen LogP contribution is -2.13. The van der Waals surface area contributed by atoms with Crippen molar-refractivity contribution in [3.05, 3.63) is 53.6 Å². The zero-order valence-electron chi connectivity index (χ0n) is 54.1. The molecule has 10 unspecified atom stereocenters. The predicted octanol–water partition coefficient (Wildman–Crippen LogP) is 23.3. The van der Waals surface area contributed by atoms with Crippen molar-refractivity contribution in [2.24, 2.45) is 71.0 Å². The van der Waals surface area contributed by atoms with E-state index >= 15 is 0 Å². The monoisotopic (exact) mass is 1070 g/mol. The van der Waals surface area contributed by atoms with Gasteiger partial charge in [0, 0.05) is 5.56 Å². The van der Waals surface area contributed by atoms with E-state index in [1.54, 1.807) is 0 Å². The Morgan fingerprint density at radius 3 is 0.844 bits per heavy atom. The maximum absolute atomic E-state index is 12.0. The Kier molecular flexibility index (Phi) is 40.1. The number of aliphatic hydroxyl groups excluding tert-OH is 1. The minimum Gasteiger partial charge on any atom is -0.490 e. The quantitative estimate of drug-likeness (QED) is 0.0717. The van der Waals surface area contributed by atoms with Gasteiger partial charge in [0.15, 0.2) is 11.5 Å². The molecule has 4 nitrogen and oxygen atoms in total. The lowest BCUT2D eigenvalue weighted by atomic mass is 9.91. The summed E-state index contributed by atoms with van der Waals surface area (Å²) in [6.07, 6.45) is 38.3. The number of hydrogen-bond donors (Lipinski definition) is 1. The number of aliphatic hydroxyl groups is 1. The summed E-state index contributed by atoms with van der Waals surface area (Å²) in [5.41, 5.74) is 1.61. The number of hydrogen-bond acceptors (Lipinski definition) is 4. The molecule has 0 aliphatic rings. The van der Waals surface area contributed by atoms with Gasteiger partial charge in [-0.2, -0.15) is 0 Å². The molecule has 2 rings (SSSR count). The molecule has 2 aromatic carbocycles. The summed E-state index contributed by atoms with van der Waals surface area (Å²) >= 11 is 0. The van der Waals surface area contributed by atoms with Crippen molar-refractivity contribution < 1.29 is 19.3 Å². The Labute approximate surface area is 481 Å². The van der Waals surface area contributed by atoms with Crippen LogP contribution in [0.25, 0.3) is 0 Å². The van der Waals surface area contributed by atoms with E-state index in [1.807, 2.05) is 42.5 Å². The van der Waals surface area contributed by atoms with Gasteiger partial charge in [0.2, 0.25) is 5.75 Å². The van der Waals surface area contributed by atoms with E-state index in [0.717, 1.165) is 89.4 Å². The van der Waals surface area contributed by atoms with Gasteiger partial charge in [-0.1, -0.05) is 308 Å². The van der Waals surface area contributed by atoms with Crippen LogP contribution < -0.4 is 14.2 Å². The molecule has 0 aromatic heterocycles. The Bertz CT molecular complexity index is 1650. The molecule has 0 bridgehead atoms. The summed E-state index contributed by atoms with van der Waals surface area (Å²) in [4.78, 5) is 0. The maximum Gasteiger partial charge on any atom is 0.203 e. The van der Waals surface area contributed by atoms with E-state index in [0.29, 0.717) is 49.1 Å². The third kappa shape index (κ3) is 36.0. The SMILES string of the molecule is CC(C)CCCC(C)CCCC(C)CCCC(C)CCOc1ccc(C(O)c2ccccc2)c(OCCC(C)CCCC(C)CCCC(C)CCCC(C)C)c1OCCC(C)CCCC(C)CCCC(C)CCCC(C)C. The van der Waals surface area contributed by atoms with Crippen LogP contribution in [-0.4, -0.2) is 24.9 Å². The molecule has 448 valence electrons. The molecule has 0 saturated carbocycles. The zero-order chi connectivity index (χ0) is 56.8. The summed E-state index contributed by atoms with van der Waals surface area (Å²) in [6, 6.07) is 14.1. The van der Waals surface area contributed by atoms with E-state index in [-0.39, 0.29) is 0 Å². The fourth-order valence-corrected chi connectivity index (χ4v) is 11.9. The van der Waals surface area contributed by atoms with Crippen LogP contribution in [0, 0.1) is 71.0 Å². The molecular formula is C73H132O4. The summed E-state index contributed by atoms with van der Waals surface area (Å²) in [6.45, 7) is 37.9. The average Bonchev–Trinajstić information content (AvgIpc) is 3.37. The fourth-order valence-electron chi connectivity index (χ4n) is 11.9. The molecule has 77 heavy (non-hydrogen) atoms. The van der Waals surface area contributed by atoms with Gasteiger partial charge in [-0.3, -0.25) is 0 Å². The molecule has 0 amide bonds. The predicted molar refractivity (Wildman–Crippen MR) is 339 cm³/mol. The van der Waals surface area contributed by atoms with E-state index in [9.17, 15) is 5.11 Å². The van der Waals surface area contributed by atoms with Crippen molar-refractivity contribution in [1.82, 2.24) is 0 Å². The number of benzene rings is 2. The molecule has 0 aliphatic carbocycles. The Balaban J connectivity index is 2.10. The van der Waals surface area contributed by atoms with Crippen LogP contribution in [-0.2, 0) is 0 Å². The van der Waals surface area contributed by atoms with Crippen LogP contribution in [0.1, 0.15) is 314 Å². The van der Waals surface area contributed by atoms with Gasteiger partial charge in [0.25, 0.3) is 0 Å². The molecule has 4 heteroatoms. The largest absolute Gasteiger partial charge is 0.490 e. The highest BCUT2D eigenvalue weighted by atomic mass is 16.5. The second-order valence-corrected chi connectivity index (χ2v) is 28.0. The van der Waals surface area contributed by atoms with Crippen LogP contribution in [0.15, 0.2) is 42.5 Å². The lowest BCUT2D eigenvalue weighted by Gasteiger charge is -2.24. The highest BCUT2D eigenvalue weighted by Crippen LogP contribution is 2.45. The average molecular weight is 1070 g/mol. The van der Waals surface area contributed by atoms with Crippen molar-refractivity contribution in [1.29, 1.82) is 0 Å². The highest BCUT2D eigenvalue weighted by molar-refractivity contribution is 5.58. The first-order valence-corrected chi connectivity index (χ1v) is 33.6. The topological polar surface area (TPSA) is 47.9 Å². The van der Waals surface area contributed by atoms with Crippen molar-refractivity contribution in [3.63, 3.8) is 0 Å². The van der Waals surface area contributed by atoms with Crippen LogP contribution in [0.4, 0.5) is 0 Å². The van der Waals surface area contributed by atoms with Gasteiger partial charge in [0.1, 0.15) is 6.10 Å². The Hall–Kier alpha value is -2.20. The third-order valence-electron chi connectivity index (χ3n) is 17.9. The molecular weight excluding hydrogens is 941 g/mol.